The molecule has 1 aliphatic carbocycles. The molecule has 1 saturated carbocycles. The Kier molecular flexibility index (Phi) is 5.56. The largest absolute Gasteiger partial charge is 0.461 e. The third-order valence-corrected chi connectivity index (χ3v) is 5.48. The molecule has 0 atom stereocenters. The Hall–Kier alpha value is -2.88. The molecule has 0 saturated heterocycles. The van der Waals surface area contributed by atoms with Crippen LogP contribution in [0.1, 0.15) is 61.0 Å². The first-order valence-electron chi connectivity index (χ1n) is 10.2. The van der Waals surface area contributed by atoms with E-state index in [0.29, 0.717) is 18.2 Å². The van der Waals surface area contributed by atoms with E-state index in [4.69, 9.17) is 4.74 Å². The van der Waals surface area contributed by atoms with E-state index >= 15 is 0 Å². The third kappa shape index (κ3) is 3.86. The second-order valence-corrected chi connectivity index (χ2v) is 7.34. The van der Waals surface area contributed by atoms with Gasteiger partial charge in [-0.2, -0.15) is 5.10 Å². The molecule has 0 bridgehead atoms. The summed E-state index contributed by atoms with van der Waals surface area (Å²) in [5, 5.41) is 4.53. The summed E-state index contributed by atoms with van der Waals surface area (Å²) in [6, 6.07) is 20.5. The minimum absolute atomic E-state index is 0.331. The van der Waals surface area contributed by atoms with E-state index in [-0.39, 0.29) is 0 Å². The molecule has 0 amide bonds. The van der Waals surface area contributed by atoms with Crippen LogP contribution in [0.3, 0.4) is 0 Å². The van der Waals surface area contributed by atoms with Gasteiger partial charge in [-0.05, 0) is 49.4 Å². The van der Waals surface area contributed by atoms with Crippen LogP contribution in [0.5, 0.6) is 0 Å². The van der Waals surface area contributed by atoms with Gasteiger partial charge in [0.05, 0.1) is 18.0 Å². The first-order chi connectivity index (χ1) is 13.8. The Morgan fingerprint density at radius 3 is 2.43 bits per heavy atom. The summed E-state index contributed by atoms with van der Waals surface area (Å²) < 4.78 is 6.97. The Morgan fingerprint density at radius 2 is 1.75 bits per heavy atom. The molecule has 0 N–H and O–H groups in total. The molecule has 0 aliphatic heterocycles. The lowest BCUT2D eigenvalue weighted by Gasteiger charge is -2.22. The third-order valence-electron chi connectivity index (χ3n) is 5.48. The molecule has 1 heterocycles. The second-order valence-electron chi connectivity index (χ2n) is 7.34. The lowest BCUT2D eigenvalue weighted by molar-refractivity contribution is 0.0519. The average Bonchev–Trinajstić information content (AvgIpc) is 3.21. The van der Waals surface area contributed by atoms with Gasteiger partial charge >= 0.3 is 5.97 Å². The van der Waals surface area contributed by atoms with Crippen molar-refractivity contribution in [1.82, 2.24) is 9.78 Å². The van der Waals surface area contributed by atoms with Crippen molar-refractivity contribution in [3.8, 4) is 16.9 Å². The van der Waals surface area contributed by atoms with Gasteiger partial charge in [-0.3, -0.25) is 0 Å². The topological polar surface area (TPSA) is 44.1 Å². The van der Waals surface area contributed by atoms with Gasteiger partial charge in [-0.15, -0.1) is 0 Å². The van der Waals surface area contributed by atoms with Crippen molar-refractivity contribution in [2.24, 2.45) is 0 Å². The predicted octanol–water partition coefficient (Wildman–Crippen LogP) is 5.76. The summed E-state index contributed by atoms with van der Waals surface area (Å²) in [6.07, 6.45) is 6.59. The number of carbonyl (C=O) groups excluding carboxylic acids is 1. The number of carbonyl (C=O) groups is 1. The number of hydrogen-bond donors (Lipinski definition) is 0. The Balaban J connectivity index is 1.70. The highest BCUT2D eigenvalue weighted by Gasteiger charge is 2.19. The summed E-state index contributed by atoms with van der Waals surface area (Å²) in [7, 11) is 0. The van der Waals surface area contributed by atoms with Crippen LogP contribution in [0.15, 0.2) is 60.7 Å². The molecular weight excluding hydrogens is 348 g/mol. The van der Waals surface area contributed by atoms with Crippen molar-refractivity contribution >= 4 is 5.97 Å². The number of ether oxygens (including phenoxy) is 1. The molecular formula is C24H26N2O2. The minimum atomic E-state index is -0.391. The number of hydrogen-bond acceptors (Lipinski definition) is 3. The molecule has 2 aromatic carbocycles. The van der Waals surface area contributed by atoms with Gasteiger partial charge in [0.15, 0.2) is 5.69 Å². The number of aromatic nitrogens is 2. The molecule has 144 valence electrons. The lowest BCUT2D eigenvalue weighted by atomic mass is 9.84. The molecule has 1 aliphatic rings. The molecule has 0 radical (unpaired) electrons. The maximum Gasteiger partial charge on any atom is 0.358 e. The van der Waals surface area contributed by atoms with Crippen LogP contribution in [0.25, 0.3) is 16.9 Å². The van der Waals surface area contributed by atoms with E-state index < -0.39 is 5.97 Å². The van der Waals surface area contributed by atoms with E-state index in [1.807, 2.05) is 41.1 Å². The molecule has 0 unspecified atom stereocenters. The monoisotopic (exact) mass is 374 g/mol. The van der Waals surface area contributed by atoms with Crippen LogP contribution in [0.2, 0.25) is 0 Å². The smallest absolute Gasteiger partial charge is 0.358 e. The number of benzene rings is 2. The Morgan fingerprint density at radius 1 is 1.04 bits per heavy atom. The van der Waals surface area contributed by atoms with Gasteiger partial charge in [0, 0.05) is 5.56 Å². The fraction of sp³-hybridized carbons (Fsp3) is 0.333. The Labute approximate surface area is 166 Å². The van der Waals surface area contributed by atoms with Crippen molar-refractivity contribution in [3.05, 3.63) is 71.9 Å². The van der Waals surface area contributed by atoms with Gasteiger partial charge in [0.2, 0.25) is 0 Å². The molecule has 4 rings (SSSR count). The maximum atomic E-state index is 12.2. The number of nitrogens with zero attached hydrogens (tertiary/aromatic N) is 2. The van der Waals surface area contributed by atoms with Crippen LogP contribution < -0.4 is 0 Å². The van der Waals surface area contributed by atoms with Crippen LogP contribution in [0.4, 0.5) is 0 Å². The highest BCUT2D eigenvalue weighted by atomic mass is 16.5. The quantitative estimate of drug-likeness (QED) is 0.533. The highest BCUT2D eigenvalue weighted by molar-refractivity contribution is 5.89. The van der Waals surface area contributed by atoms with Crippen molar-refractivity contribution in [1.29, 1.82) is 0 Å². The zero-order valence-electron chi connectivity index (χ0n) is 16.3. The van der Waals surface area contributed by atoms with E-state index in [9.17, 15) is 4.79 Å². The molecule has 1 aromatic heterocycles. The summed E-state index contributed by atoms with van der Waals surface area (Å²) in [6.45, 7) is 2.14. The predicted molar refractivity (Wildman–Crippen MR) is 111 cm³/mol. The highest BCUT2D eigenvalue weighted by Crippen LogP contribution is 2.34. The Bertz CT molecular complexity index is 923. The summed E-state index contributed by atoms with van der Waals surface area (Å²) in [5.41, 5.74) is 4.61. The van der Waals surface area contributed by atoms with Gasteiger partial charge in [-0.25, -0.2) is 9.48 Å². The minimum Gasteiger partial charge on any atom is -0.461 e. The first-order valence-corrected chi connectivity index (χ1v) is 10.2. The fourth-order valence-electron chi connectivity index (χ4n) is 4.02. The molecule has 4 heteroatoms. The van der Waals surface area contributed by atoms with Crippen LogP contribution >= 0.6 is 0 Å². The molecule has 0 spiro atoms. The van der Waals surface area contributed by atoms with Gasteiger partial charge in [0.1, 0.15) is 0 Å². The van der Waals surface area contributed by atoms with Crippen molar-refractivity contribution in [2.75, 3.05) is 6.61 Å². The summed E-state index contributed by atoms with van der Waals surface area (Å²) in [5.74, 6) is 0.286. The summed E-state index contributed by atoms with van der Waals surface area (Å²) in [4.78, 5) is 12.2. The van der Waals surface area contributed by atoms with Crippen molar-refractivity contribution < 1.29 is 9.53 Å². The maximum absolute atomic E-state index is 12.2. The van der Waals surface area contributed by atoms with Crippen LogP contribution in [0, 0.1) is 0 Å². The van der Waals surface area contributed by atoms with Crippen LogP contribution in [-0.4, -0.2) is 22.4 Å². The zero-order valence-corrected chi connectivity index (χ0v) is 16.3. The number of rotatable bonds is 5. The van der Waals surface area contributed by atoms with Gasteiger partial charge < -0.3 is 4.74 Å². The van der Waals surface area contributed by atoms with Gasteiger partial charge in [0.25, 0.3) is 0 Å². The van der Waals surface area contributed by atoms with E-state index in [0.717, 1.165) is 16.9 Å². The SMILES string of the molecule is CCOC(=O)c1cc(-c2ccc(C3CCCCC3)cc2)n(-c2ccccc2)n1. The molecule has 3 aromatic rings. The zero-order chi connectivity index (χ0) is 19.3. The van der Waals surface area contributed by atoms with E-state index in [2.05, 4.69) is 29.4 Å². The van der Waals surface area contributed by atoms with Crippen molar-refractivity contribution in [3.63, 3.8) is 0 Å². The number of esters is 1. The molecule has 28 heavy (non-hydrogen) atoms. The summed E-state index contributed by atoms with van der Waals surface area (Å²) >= 11 is 0. The molecule has 1 fully saturated rings. The van der Waals surface area contributed by atoms with E-state index in [1.165, 1.54) is 37.7 Å². The first kappa shape index (κ1) is 18.5. The standard InChI is InChI=1S/C24H26N2O2/c1-2-28-24(27)22-17-23(26(25-22)21-11-7-4-8-12-21)20-15-13-19(14-16-20)18-9-5-3-6-10-18/h4,7-8,11-18H,2-3,5-6,9-10H2,1H3. The second kappa shape index (κ2) is 8.42. The molecule has 4 nitrogen and oxygen atoms in total. The average molecular weight is 374 g/mol. The van der Waals surface area contributed by atoms with Crippen molar-refractivity contribution in [2.45, 2.75) is 44.9 Å². The normalized spacial score (nSPS) is 14.8. The number of para-hydroxylation sites is 1. The fourth-order valence-corrected chi connectivity index (χ4v) is 4.02. The van der Waals surface area contributed by atoms with Crippen LogP contribution in [-0.2, 0) is 4.74 Å². The lowest BCUT2D eigenvalue weighted by Crippen LogP contribution is -2.06. The van der Waals surface area contributed by atoms with Gasteiger partial charge in [-0.1, -0.05) is 61.7 Å². The van der Waals surface area contributed by atoms with E-state index in [1.54, 1.807) is 6.92 Å².